The lowest BCUT2D eigenvalue weighted by molar-refractivity contribution is -0.109. The van der Waals surface area contributed by atoms with E-state index in [2.05, 4.69) is 15.1 Å². The van der Waals surface area contributed by atoms with Gasteiger partial charge in [0.15, 0.2) is 5.65 Å². The van der Waals surface area contributed by atoms with Gasteiger partial charge in [0.1, 0.15) is 29.7 Å². The van der Waals surface area contributed by atoms with Crippen LogP contribution in [0.15, 0.2) is 54.6 Å². The van der Waals surface area contributed by atoms with E-state index in [1.54, 1.807) is 12.1 Å². The molecular weight excluding hydrogens is 417 g/mol. The second-order valence-electron chi connectivity index (χ2n) is 7.52. The minimum atomic E-state index is -0.370. The van der Waals surface area contributed by atoms with Crippen LogP contribution in [0.3, 0.4) is 0 Å². The Kier molecular flexibility index (Phi) is 5.21. The normalized spacial score (nSPS) is 16.8. The van der Waals surface area contributed by atoms with E-state index in [4.69, 9.17) is 16.7 Å². The molecule has 0 saturated carbocycles. The molecule has 0 aliphatic carbocycles. The molecule has 0 N–H and O–H groups in total. The van der Waals surface area contributed by atoms with E-state index < -0.39 is 0 Å². The van der Waals surface area contributed by atoms with Crippen LogP contribution in [0.25, 0.3) is 33.5 Å². The van der Waals surface area contributed by atoms with Crippen molar-refractivity contribution in [2.45, 2.75) is 19.0 Å². The molecule has 31 heavy (non-hydrogen) atoms. The molecular formula is C23H19ClFN5O. The average Bonchev–Trinajstić information content (AvgIpc) is 3.40. The first-order valence-electron chi connectivity index (χ1n) is 10.1. The van der Waals surface area contributed by atoms with Gasteiger partial charge in [-0.1, -0.05) is 54.1 Å². The number of hydrogen-bond acceptors (Lipinski definition) is 5. The molecule has 1 atom stereocenters. The highest BCUT2D eigenvalue weighted by Crippen LogP contribution is 2.39. The summed E-state index contributed by atoms with van der Waals surface area (Å²) >= 11 is 6.85. The van der Waals surface area contributed by atoms with Crippen molar-refractivity contribution in [3.05, 3.63) is 65.4 Å². The SMILES string of the molecule is O=CCN1CCCC1n1nc(-c2ccccc2)c2c(Cl)c(-c3cccc(F)c3)nnc21. The second kappa shape index (κ2) is 8.17. The van der Waals surface area contributed by atoms with E-state index in [0.29, 0.717) is 39.6 Å². The molecule has 1 saturated heterocycles. The largest absolute Gasteiger partial charge is 0.302 e. The molecule has 3 heterocycles. The highest BCUT2D eigenvalue weighted by Gasteiger charge is 2.31. The van der Waals surface area contributed by atoms with Crippen LogP contribution in [-0.4, -0.2) is 44.3 Å². The van der Waals surface area contributed by atoms with Gasteiger partial charge in [-0.05, 0) is 25.0 Å². The number of likely N-dealkylation sites (tertiary alicyclic amines) is 1. The van der Waals surface area contributed by atoms with Crippen molar-refractivity contribution in [3.8, 4) is 22.5 Å². The van der Waals surface area contributed by atoms with Crippen LogP contribution in [0, 0.1) is 5.82 Å². The van der Waals surface area contributed by atoms with Crippen LogP contribution in [0.5, 0.6) is 0 Å². The summed E-state index contributed by atoms with van der Waals surface area (Å²) in [6.07, 6.45) is 2.62. The van der Waals surface area contributed by atoms with Gasteiger partial charge in [-0.15, -0.1) is 10.2 Å². The standard InChI is InChI=1S/C23H19ClFN5O/c24-20-19-21(15-6-2-1-3-7-15)28-30(18-10-5-11-29(18)12-13-31)23(19)27-26-22(20)16-8-4-9-17(25)14-16/h1-4,6-9,13-14,18H,5,10-12H2. The number of benzene rings is 2. The van der Waals surface area contributed by atoms with Crippen molar-refractivity contribution in [1.29, 1.82) is 0 Å². The molecule has 8 heteroatoms. The molecule has 156 valence electrons. The van der Waals surface area contributed by atoms with Crippen molar-refractivity contribution in [2.75, 3.05) is 13.1 Å². The summed E-state index contributed by atoms with van der Waals surface area (Å²) in [6, 6.07) is 15.9. The summed E-state index contributed by atoms with van der Waals surface area (Å²) in [6.45, 7) is 1.14. The van der Waals surface area contributed by atoms with E-state index in [9.17, 15) is 9.18 Å². The molecule has 6 nitrogen and oxygen atoms in total. The minimum absolute atomic E-state index is 0.101. The zero-order chi connectivity index (χ0) is 21.4. The monoisotopic (exact) mass is 435 g/mol. The topological polar surface area (TPSA) is 63.9 Å². The predicted octanol–water partition coefficient (Wildman–Crippen LogP) is 4.75. The second-order valence-corrected chi connectivity index (χ2v) is 7.89. The fourth-order valence-electron chi connectivity index (χ4n) is 4.20. The molecule has 2 aromatic heterocycles. The van der Waals surface area contributed by atoms with Gasteiger partial charge in [-0.2, -0.15) is 5.10 Å². The number of fused-ring (bicyclic) bond motifs is 1. The van der Waals surface area contributed by atoms with Gasteiger partial charge < -0.3 is 4.79 Å². The first-order chi connectivity index (χ1) is 15.2. The number of hydrogen-bond donors (Lipinski definition) is 0. The summed E-state index contributed by atoms with van der Waals surface area (Å²) in [5.74, 6) is -0.370. The van der Waals surface area contributed by atoms with Crippen molar-refractivity contribution >= 4 is 28.9 Å². The van der Waals surface area contributed by atoms with Crippen molar-refractivity contribution < 1.29 is 9.18 Å². The fourth-order valence-corrected chi connectivity index (χ4v) is 4.52. The molecule has 0 radical (unpaired) electrons. The van der Waals surface area contributed by atoms with Gasteiger partial charge >= 0.3 is 0 Å². The lowest BCUT2D eigenvalue weighted by Gasteiger charge is -2.22. The Morgan fingerprint density at radius 2 is 1.87 bits per heavy atom. The molecule has 1 fully saturated rings. The van der Waals surface area contributed by atoms with Gasteiger partial charge in [0.25, 0.3) is 0 Å². The molecule has 0 amide bonds. The smallest absolute Gasteiger partial charge is 0.184 e. The summed E-state index contributed by atoms with van der Waals surface area (Å²) in [4.78, 5) is 13.2. The zero-order valence-corrected chi connectivity index (χ0v) is 17.3. The molecule has 0 bridgehead atoms. The van der Waals surface area contributed by atoms with Crippen LogP contribution in [0.4, 0.5) is 4.39 Å². The Morgan fingerprint density at radius 1 is 1.06 bits per heavy atom. The number of halogens is 2. The van der Waals surface area contributed by atoms with E-state index in [-0.39, 0.29) is 12.0 Å². The minimum Gasteiger partial charge on any atom is -0.302 e. The Labute approximate surface area is 183 Å². The van der Waals surface area contributed by atoms with E-state index in [1.165, 1.54) is 12.1 Å². The van der Waals surface area contributed by atoms with Crippen LogP contribution >= 0.6 is 11.6 Å². The predicted molar refractivity (Wildman–Crippen MR) is 117 cm³/mol. The van der Waals surface area contributed by atoms with Gasteiger partial charge in [-0.25, -0.2) is 9.07 Å². The van der Waals surface area contributed by atoms with E-state index in [1.807, 2.05) is 35.0 Å². The number of carbonyl (C=O) groups excluding carboxylic acids is 1. The highest BCUT2D eigenvalue weighted by molar-refractivity contribution is 6.38. The lowest BCUT2D eigenvalue weighted by atomic mass is 10.1. The Bertz CT molecular complexity index is 1260. The molecule has 1 aliphatic heterocycles. The fraction of sp³-hybridized carbons (Fsp3) is 0.217. The summed E-state index contributed by atoms with van der Waals surface area (Å²) in [5, 5.41) is 14.7. The van der Waals surface area contributed by atoms with Crippen LogP contribution in [0.1, 0.15) is 19.0 Å². The van der Waals surface area contributed by atoms with Gasteiger partial charge in [0.05, 0.1) is 17.0 Å². The molecule has 1 unspecified atom stereocenters. The maximum absolute atomic E-state index is 13.8. The number of nitrogens with zero attached hydrogens (tertiary/aromatic N) is 5. The maximum Gasteiger partial charge on any atom is 0.184 e. The summed E-state index contributed by atoms with van der Waals surface area (Å²) < 4.78 is 15.6. The average molecular weight is 436 g/mol. The number of carbonyl (C=O) groups is 1. The number of aromatic nitrogens is 4. The molecule has 2 aromatic carbocycles. The number of aldehydes is 1. The Morgan fingerprint density at radius 3 is 2.65 bits per heavy atom. The zero-order valence-electron chi connectivity index (χ0n) is 16.6. The van der Waals surface area contributed by atoms with E-state index in [0.717, 1.165) is 31.2 Å². The molecule has 1 aliphatic rings. The van der Waals surface area contributed by atoms with Gasteiger partial charge in [-0.3, -0.25) is 4.90 Å². The van der Waals surface area contributed by atoms with E-state index >= 15 is 0 Å². The summed E-state index contributed by atoms with van der Waals surface area (Å²) in [5.41, 5.74) is 3.08. The van der Waals surface area contributed by atoms with Crippen LogP contribution in [-0.2, 0) is 4.79 Å². The first kappa shape index (κ1) is 19.8. The maximum atomic E-state index is 13.8. The van der Waals surface area contributed by atoms with Crippen molar-refractivity contribution in [1.82, 2.24) is 24.9 Å². The lowest BCUT2D eigenvalue weighted by Crippen LogP contribution is -2.29. The third kappa shape index (κ3) is 3.49. The molecule has 4 aromatic rings. The highest BCUT2D eigenvalue weighted by atomic mass is 35.5. The van der Waals surface area contributed by atoms with Crippen LogP contribution < -0.4 is 0 Å². The van der Waals surface area contributed by atoms with Gasteiger partial charge in [0, 0.05) is 17.7 Å². The third-order valence-corrected chi connectivity index (χ3v) is 5.99. The number of rotatable bonds is 5. The van der Waals surface area contributed by atoms with Gasteiger partial charge in [0.2, 0.25) is 0 Å². The Hall–Kier alpha value is -3.16. The van der Waals surface area contributed by atoms with Crippen molar-refractivity contribution in [2.24, 2.45) is 0 Å². The molecule has 0 spiro atoms. The summed E-state index contributed by atoms with van der Waals surface area (Å²) in [7, 11) is 0. The quantitative estimate of drug-likeness (QED) is 0.423. The van der Waals surface area contributed by atoms with Crippen LogP contribution in [0.2, 0.25) is 5.02 Å². The van der Waals surface area contributed by atoms with Crippen molar-refractivity contribution in [3.63, 3.8) is 0 Å². The third-order valence-electron chi connectivity index (χ3n) is 5.62. The first-order valence-corrected chi connectivity index (χ1v) is 10.5. The Balaban J connectivity index is 1.75. The molecule has 5 rings (SSSR count).